The molecular weight excluding hydrogens is 272 g/mol. The topological polar surface area (TPSA) is 46.5 Å². The van der Waals surface area contributed by atoms with Crippen molar-refractivity contribution in [3.63, 3.8) is 0 Å². The van der Waals surface area contributed by atoms with E-state index in [1.165, 1.54) is 32.1 Å². The van der Waals surface area contributed by atoms with Crippen molar-refractivity contribution in [1.82, 2.24) is 0 Å². The fraction of sp³-hybridized carbons (Fsp3) is 0.917. The molecule has 0 aromatic carbocycles. The lowest BCUT2D eigenvalue weighted by Crippen LogP contribution is -2.18. The summed E-state index contributed by atoms with van der Waals surface area (Å²) < 4.78 is 4.71. The summed E-state index contributed by atoms with van der Waals surface area (Å²) in [6, 6.07) is 0. The van der Waals surface area contributed by atoms with Gasteiger partial charge in [-0.3, -0.25) is 4.79 Å². The van der Waals surface area contributed by atoms with Crippen molar-refractivity contribution >= 4 is 21.9 Å². The van der Waals surface area contributed by atoms with E-state index >= 15 is 0 Å². The minimum absolute atomic E-state index is 0.140. The predicted octanol–water partition coefficient (Wildman–Crippen LogP) is 3.38. The van der Waals surface area contributed by atoms with E-state index in [1.54, 1.807) is 0 Å². The number of hydrogen-bond donors (Lipinski definition) is 1. The van der Waals surface area contributed by atoms with E-state index in [1.807, 2.05) is 0 Å². The van der Waals surface area contributed by atoms with Crippen molar-refractivity contribution in [1.29, 1.82) is 0 Å². The molecule has 0 aromatic rings. The van der Waals surface area contributed by atoms with Gasteiger partial charge in [-0.1, -0.05) is 61.4 Å². The molecule has 96 valence electrons. The molecule has 0 fully saturated rings. The zero-order chi connectivity index (χ0) is 12.2. The minimum atomic E-state index is -0.930. The van der Waals surface area contributed by atoms with E-state index in [2.05, 4.69) is 22.9 Å². The first-order chi connectivity index (χ1) is 7.70. The highest BCUT2D eigenvalue weighted by Gasteiger charge is 2.08. The van der Waals surface area contributed by atoms with Crippen LogP contribution in [0.2, 0.25) is 0 Å². The molecule has 0 heterocycles. The quantitative estimate of drug-likeness (QED) is 0.291. The summed E-state index contributed by atoms with van der Waals surface area (Å²) in [5.74, 6) is -0.407. The van der Waals surface area contributed by atoms with Crippen molar-refractivity contribution in [3.8, 4) is 0 Å². The lowest BCUT2D eigenvalue weighted by Gasteiger charge is -2.10. The highest BCUT2D eigenvalue weighted by molar-refractivity contribution is 9.09. The van der Waals surface area contributed by atoms with Gasteiger partial charge in [-0.15, -0.1) is 0 Å². The summed E-state index contributed by atoms with van der Waals surface area (Å²) in [4.78, 5) is 10.8. The van der Waals surface area contributed by atoms with Crippen molar-refractivity contribution in [3.05, 3.63) is 0 Å². The number of esters is 1. The molecule has 3 nitrogen and oxygen atoms in total. The Morgan fingerprint density at radius 3 is 2.31 bits per heavy atom. The molecule has 16 heavy (non-hydrogen) atoms. The van der Waals surface area contributed by atoms with Crippen molar-refractivity contribution in [2.45, 2.75) is 64.6 Å². The van der Waals surface area contributed by atoms with Crippen LogP contribution in [0.15, 0.2) is 0 Å². The molecule has 0 amide bonds. The normalized spacial score (nSPS) is 12.4. The lowest BCUT2D eigenvalue weighted by atomic mass is 10.1. The van der Waals surface area contributed by atoms with E-state index in [0.717, 1.165) is 12.8 Å². The van der Waals surface area contributed by atoms with Gasteiger partial charge in [-0.05, 0) is 6.42 Å². The predicted molar refractivity (Wildman–Crippen MR) is 68.5 cm³/mol. The first kappa shape index (κ1) is 15.9. The molecule has 0 aliphatic heterocycles. The molecule has 1 N–H and O–H groups in total. The van der Waals surface area contributed by atoms with Crippen LogP contribution in [0.4, 0.5) is 0 Å². The van der Waals surface area contributed by atoms with E-state index in [4.69, 9.17) is 4.74 Å². The molecule has 0 saturated carbocycles. The van der Waals surface area contributed by atoms with Crippen LogP contribution in [0.25, 0.3) is 0 Å². The third-order valence-corrected chi connectivity index (χ3v) is 2.89. The Hall–Kier alpha value is -0.0900. The molecule has 0 rings (SSSR count). The Kier molecular flexibility index (Phi) is 11.3. The van der Waals surface area contributed by atoms with Crippen LogP contribution in [0.3, 0.4) is 0 Å². The van der Waals surface area contributed by atoms with E-state index < -0.39 is 12.3 Å². The third kappa shape index (κ3) is 10.4. The molecule has 0 aliphatic rings. The number of aliphatic hydroxyl groups excluding tert-OH is 1. The second-order valence-electron chi connectivity index (χ2n) is 3.99. The van der Waals surface area contributed by atoms with Crippen LogP contribution in [0.5, 0.6) is 0 Å². The first-order valence-corrected chi connectivity index (χ1v) is 7.26. The van der Waals surface area contributed by atoms with Crippen LogP contribution in [0.1, 0.15) is 58.3 Å². The van der Waals surface area contributed by atoms with Gasteiger partial charge in [0.2, 0.25) is 6.29 Å². The van der Waals surface area contributed by atoms with Gasteiger partial charge in [0, 0.05) is 6.42 Å². The minimum Gasteiger partial charge on any atom is -0.435 e. The molecule has 0 spiro atoms. The van der Waals surface area contributed by atoms with Crippen molar-refractivity contribution in [2.24, 2.45) is 0 Å². The highest BCUT2D eigenvalue weighted by atomic mass is 79.9. The summed E-state index contributed by atoms with van der Waals surface area (Å²) >= 11 is 2.97. The highest BCUT2D eigenvalue weighted by Crippen LogP contribution is 2.10. The smallest absolute Gasteiger partial charge is 0.318 e. The van der Waals surface area contributed by atoms with Crippen LogP contribution in [-0.4, -0.2) is 22.7 Å². The first-order valence-electron chi connectivity index (χ1n) is 6.14. The second-order valence-corrected chi connectivity index (χ2v) is 4.55. The average Bonchev–Trinajstić information content (AvgIpc) is 2.27. The number of unbranched alkanes of at least 4 members (excludes halogenated alkanes) is 6. The number of carbonyl (C=O) groups is 1. The van der Waals surface area contributed by atoms with E-state index in [9.17, 15) is 9.90 Å². The maximum absolute atomic E-state index is 10.8. The maximum atomic E-state index is 10.8. The SMILES string of the molecule is CCCCCCCCCC(O)OC(=O)CBr. The number of ether oxygens (including phenoxy) is 1. The molecule has 0 saturated heterocycles. The third-order valence-electron chi connectivity index (χ3n) is 2.43. The summed E-state index contributed by atoms with van der Waals surface area (Å²) in [5.41, 5.74) is 0. The van der Waals surface area contributed by atoms with Crippen molar-refractivity contribution in [2.75, 3.05) is 5.33 Å². The zero-order valence-electron chi connectivity index (χ0n) is 10.1. The Morgan fingerprint density at radius 1 is 1.19 bits per heavy atom. The fourth-order valence-electron chi connectivity index (χ4n) is 1.52. The summed E-state index contributed by atoms with van der Waals surface area (Å²) in [5, 5.41) is 9.47. The molecule has 0 bridgehead atoms. The second kappa shape index (κ2) is 11.4. The van der Waals surface area contributed by atoms with Gasteiger partial charge in [-0.25, -0.2) is 0 Å². The Labute approximate surface area is 107 Å². The van der Waals surface area contributed by atoms with Crippen LogP contribution in [0, 0.1) is 0 Å². The lowest BCUT2D eigenvalue weighted by molar-refractivity contribution is -0.165. The number of alkyl halides is 1. The molecule has 0 aromatic heterocycles. The zero-order valence-corrected chi connectivity index (χ0v) is 11.7. The number of rotatable bonds is 10. The molecule has 0 aliphatic carbocycles. The fourth-order valence-corrected chi connectivity index (χ4v) is 1.65. The number of aliphatic hydroxyl groups is 1. The van der Waals surface area contributed by atoms with Gasteiger partial charge in [0.15, 0.2) is 0 Å². The molecular formula is C12H23BrO3. The van der Waals surface area contributed by atoms with Gasteiger partial charge in [0.25, 0.3) is 0 Å². The Morgan fingerprint density at radius 2 is 1.75 bits per heavy atom. The van der Waals surface area contributed by atoms with Gasteiger partial charge < -0.3 is 9.84 Å². The standard InChI is InChI=1S/C12H23BrO3/c1-2-3-4-5-6-7-8-9-11(14)16-12(15)10-13/h11,14H,2-10H2,1H3. The number of carbonyl (C=O) groups excluding carboxylic acids is 1. The summed E-state index contributed by atoms with van der Waals surface area (Å²) in [6.45, 7) is 2.20. The largest absolute Gasteiger partial charge is 0.435 e. The van der Waals surface area contributed by atoms with E-state index in [-0.39, 0.29) is 5.33 Å². The molecule has 1 unspecified atom stereocenters. The molecule has 1 atom stereocenters. The van der Waals surface area contributed by atoms with Gasteiger partial charge in [0.1, 0.15) is 5.33 Å². The van der Waals surface area contributed by atoms with E-state index in [0.29, 0.717) is 6.42 Å². The summed E-state index contributed by atoms with van der Waals surface area (Å²) in [6.07, 6.45) is 8.00. The Bertz CT molecular complexity index is 174. The van der Waals surface area contributed by atoms with Crippen LogP contribution < -0.4 is 0 Å². The van der Waals surface area contributed by atoms with Crippen LogP contribution in [-0.2, 0) is 9.53 Å². The van der Waals surface area contributed by atoms with Crippen LogP contribution >= 0.6 is 15.9 Å². The molecule has 4 heteroatoms. The van der Waals surface area contributed by atoms with Gasteiger partial charge >= 0.3 is 5.97 Å². The monoisotopic (exact) mass is 294 g/mol. The Balaban J connectivity index is 3.21. The van der Waals surface area contributed by atoms with Gasteiger partial charge in [0.05, 0.1) is 0 Å². The molecule has 0 radical (unpaired) electrons. The average molecular weight is 295 g/mol. The van der Waals surface area contributed by atoms with Crippen molar-refractivity contribution < 1.29 is 14.6 Å². The number of halogens is 1. The van der Waals surface area contributed by atoms with Gasteiger partial charge in [-0.2, -0.15) is 0 Å². The summed E-state index contributed by atoms with van der Waals surface area (Å²) in [7, 11) is 0. The number of hydrogen-bond acceptors (Lipinski definition) is 3. The maximum Gasteiger partial charge on any atom is 0.318 e.